The summed E-state index contributed by atoms with van der Waals surface area (Å²) in [5, 5.41) is 3.45. The second-order valence-electron chi connectivity index (χ2n) is 5.63. The number of nitrogens with one attached hydrogen (secondary N) is 1. The lowest BCUT2D eigenvalue weighted by Crippen LogP contribution is -2.35. The van der Waals surface area contributed by atoms with Gasteiger partial charge in [-0.05, 0) is 71.9 Å². The molecule has 1 saturated heterocycles. The van der Waals surface area contributed by atoms with Gasteiger partial charge in [0.2, 0.25) is 0 Å². The SMILES string of the molecule is CCCN(CCC1CCNCC1)CCN(C)C. The van der Waals surface area contributed by atoms with Gasteiger partial charge in [-0.3, -0.25) is 0 Å². The summed E-state index contributed by atoms with van der Waals surface area (Å²) in [7, 11) is 4.33. The predicted octanol–water partition coefficient (Wildman–Crippen LogP) is 1.65. The summed E-state index contributed by atoms with van der Waals surface area (Å²) < 4.78 is 0. The third-order valence-electron chi connectivity index (χ3n) is 3.72. The topological polar surface area (TPSA) is 18.5 Å². The van der Waals surface area contributed by atoms with Gasteiger partial charge in [0.25, 0.3) is 0 Å². The van der Waals surface area contributed by atoms with Crippen LogP contribution in [-0.2, 0) is 0 Å². The first-order chi connectivity index (χ1) is 8.22. The summed E-state index contributed by atoms with van der Waals surface area (Å²) in [5.74, 6) is 0.968. The number of piperidine rings is 1. The van der Waals surface area contributed by atoms with E-state index in [0.29, 0.717) is 0 Å². The van der Waals surface area contributed by atoms with Crippen molar-refractivity contribution in [3.05, 3.63) is 0 Å². The second kappa shape index (κ2) is 8.90. The highest BCUT2D eigenvalue weighted by molar-refractivity contribution is 4.70. The Morgan fingerprint density at radius 2 is 1.71 bits per heavy atom. The van der Waals surface area contributed by atoms with Crippen molar-refractivity contribution in [2.75, 3.05) is 53.4 Å². The largest absolute Gasteiger partial charge is 0.317 e. The molecule has 1 aliphatic heterocycles. The van der Waals surface area contributed by atoms with Crippen LogP contribution in [0.1, 0.15) is 32.6 Å². The van der Waals surface area contributed by atoms with E-state index in [4.69, 9.17) is 0 Å². The molecular formula is C14H31N3. The van der Waals surface area contributed by atoms with E-state index in [1.54, 1.807) is 0 Å². The van der Waals surface area contributed by atoms with E-state index >= 15 is 0 Å². The first-order valence-corrected chi connectivity index (χ1v) is 7.30. The standard InChI is InChI=1S/C14H31N3/c1-4-10-17(13-12-16(2)3)11-7-14-5-8-15-9-6-14/h14-15H,4-13H2,1-3H3. The van der Waals surface area contributed by atoms with E-state index in [9.17, 15) is 0 Å². The molecule has 1 heterocycles. The van der Waals surface area contributed by atoms with Crippen molar-refractivity contribution in [2.24, 2.45) is 5.92 Å². The smallest absolute Gasteiger partial charge is 0.0109 e. The molecule has 1 aliphatic rings. The van der Waals surface area contributed by atoms with E-state index in [1.165, 1.54) is 65.0 Å². The normalized spacial score (nSPS) is 18.2. The van der Waals surface area contributed by atoms with E-state index in [1.807, 2.05) is 0 Å². The Labute approximate surface area is 108 Å². The average Bonchev–Trinajstić information content (AvgIpc) is 2.34. The summed E-state index contributed by atoms with van der Waals surface area (Å²) in [5.41, 5.74) is 0. The van der Waals surface area contributed by atoms with Crippen molar-refractivity contribution >= 4 is 0 Å². The average molecular weight is 241 g/mol. The van der Waals surface area contributed by atoms with Gasteiger partial charge < -0.3 is 15.1 Å². The van der Waals surface area contributed by atoms with Crippen LogP contribution in [0, 0.1) is 5.92 Å². The molecule has 0 bridgehead atoms. The quantitative estimate of drug-likeness (QED) is 0.697. The van der Waals surface area contributed by atoms with Crippen LogP contribution in [0.5, 0.6) is 0 Å². The Balaban J connectivity index is 2.17. The van der Waals surface area contributed by atoms with Crippen LogP contribution in [0.3, 0.4) is 0 Å². The lowest BCUT2D eigenvalue weighted by Gasteiger charge is -2.28. The third kappa shape index (κ3) is 7.02. The number of hydrogen-bond donors (Lipinski definition) is 1. The van der Waals surface area contributed by atoms with Crippen LogP contribution >= 0.6 is 0 Å². The summed E-state index contributed by atoms with van der Waals surface area (Å²) in [4.78, 5) is 4.93. The second-order valence-corrected chi connectivity index (χ2v) is 5.63. The first kappa shape index (κ1) is 14.9. The zero-order chi connectivity index (χ0) is 12.5. The molecule has 3 heteroatoms. The Hall–Kier alpha value is -0.120. The monoisotopic (exact) mass is 241 g/mol. The van der Waals surface area contributed by atoms with Gasteiger partial charge in [-0.15, -0.1) is 0 Å². The maximum atomic E-state index is 3.45. The fraction of sp³-hybridized carbons (Fsp3) is 1.00. The Morgan fingerprint density at radius 3 is 2.29 bits per heavy atom. The highest BCUT2D eigenvalue weighted by atomic mass is 15.2. The molecule has 0 aromatic rings. The molecule has 0 aromatic heterocycles. The summed E-state index contributed by atoms with van der Waals surface area (Å²) in [6.45, 7) is 9.72. The first-order valence-electron chi connectivity index (χ1n) is 7.30. The van der Waals surface area contributed by atoms with Crippen LogP contribution in [-0.4, -0.2) is 63.2 Å². The van der Waals surface area contributed by atoms with Crippen LogP contribution in [0.2, 0.25) is 0 Å². The number of nitrogens with zero attached hydrogens (tertiary/aromatic N) is 2. The number of hydrogen-bond acceptors (Lipinski definition) is 3. The zero-order valence-corrected chi connectivity index (χ0v) is 12.0. The molecule has 0 spiro atoms. The molecule has 1 N–H and O–H groups in total. The van der Waals surface area contributed by atoms with Crippen molar-refractivity contribution in [1.82, 2.24) is 15.1 Å². The van der Waals surface area contributed by atoms with Crippen LogP contribution in [0.4, 0.5) is 0 Å². The van der Waals surface area contributed by atoms with Crippen molar-refractivity contribution in [2.45, 2.75) is 32.6 Å². The van der Waals surface area contributed by atoms with Crippen LogP contribution in [0.15, 0.2) is 0 Å². The summed E-state index contributed by atoms with van der Waals surface area (Å²) >= 11 is 0. The van der Waals surface area contributed by atoms with Crippen molar-refractivity contribution < 1.29 is 0 Å². The van der Waals surface area contributed by atoms with E-state index in [-0.39, 0.29) is 0 Å². The van der Waals surface area contributed by atoms with Crippen molar-refractivity contribution in [3.8, 4) is 0 Å². The maximum Gasteiger partial charge on any atom is 0.0109 e. The molecular weight excluding hydrogens is 210 g/mol. The van der Waals surface area contributed by atoms with E-state index in [0.717, 1.165) is 5.92 Å². The molecule has 1 fully saturated rings. The van der Waals surface area contributed by atoms with Gasteiger partial charge >= 0.3 is 0 Å². The molecule has 1 rings (SSSR count). The maximum absolute atomic E-state index is 3.45. The van der Waals surface area contributed by atoms with Crippen molar-refractivity contribution in [1.29, 1.82) is 0 Å². The molecule has 0 radical (unpaired) electrons. The van der Waals surface area contributed by atoms with Crippen LogP contribution in [0.25, 0.3) is 0 Å². The van der Waals surface area contributed by atoms with Gasteiger partial charge in [0.15, 0.2) is 0 Å². The number of likely N-dealkylation sites (N-methyl/N-ethyl adjacent to an activating group) is 1. The molecule has 0 atom stereocenters. The Kier molecular flexibility index (Phi) is 7.82. The Bertz CT molecular complexity index is 176. The summed E-state index contributed by atoms with van der Waals surface area (Å²) in [6.07, 6.45) is 5.44. The predicted molar refractivity (Wildman–Crippen MR) is 75.5 cm³/mol. The molecule has 0 saturated carbocycles. The van der Waals surface area contributed by atoms with Gasteiger partial charge in [-0.2, -0.15) is 0 Å². The fourth-order valence-electron chi connectivity index (χ4n) is 2.53. The molecule has 17 heavy (non-hydrogen) atoms. The number of rotatable bonds is 8. The third-order valence-corrected chi connectivity index (χ3v) is 3.72. The molecule has 0 amide bonds. The Morgan fingerprint density at radius 1 is 1.00 bits per heavy atom. The van der Waals surface area contributed by atoms with Crippen molar-refractivity contribution in [3.63, 3.8) is 0 Å². The highest BCUT2D eigenvalue weighted by Crippen LogP contribution is 2.16. The van der Waals surface area contributed by atoms with Gasteiger partial charge in [-0.25, -0.2) is 0 Å². The molecule has 0 aliphatic carbocycles. The minimum absolute atomic E-state index is 0.968. The van der Waals surface area contributed by atoms with E-state index < -0.39 is 0 Å². The lowest BCUT2D eigenvalue weighted by atomic mass is 9.94. The minimum atomic E-state index is 0.968. The van der Waals surface area contributed by atoms with Gasteiger partial charge in [0, 0.05) is 13.1 Å². The highest BCUT2D eigenvalue weighted by Gasteiger charge is 2.14. The van der Waals surface area contributed by atoms with Gasteiger partial charge in [-0.1, -0.05) is 6.92 Å². The molecule has 0 unspecified atom stereocenters. The lowest BCUT2D eigenvalue weighted by molar-refractivity contribution is 0.215. The molecule has 0 aromatic carbocycles. The molecule has 3 nitrogen and oxygen atoms in total. The minimum Gasteiger partial charge on any atom is -0.317 e. The van der Waals surface area contributed by atoms with Gasteiger partial charge in [0.05, 0.1) is 0 Å². The fourth-order valence-corrected chi connectivity index (χ4v) is 2.53. The van der Waals surface area contributed by atoms with Gasteiger partial charge in [0.1, 0.15) is 0 Å². The zero-order valence-electron chi connectivity index (χ0n) is 12.0. The molecule has 102 valence electrons. The van der Waals surface area contributed by atoms with Crippen LogP contribution < -0.4 is 5.32 Å². The van der Waals surface area contributed by atoms with E-state index in [2.05, 4.69) is 36.1 Å². The summed E-state index contributed by atoms with van der Waals surface area (Å²) in [6, 6.07) is 0.